The molecule has 0 spiro atoms. The van der Waals surface area contributed by atoms with E-state index in [1.165, 1.54) is 0 Å². The van der Waals surface area contributed by atoms with E-state index in [9.17, 15) is 0 Å². The summed E-state index contributed by atoms with van der Waals surface area (Å²) in [5, 5.41) is 2.95. The number of nitrogens with one attached hydrogen (secondary N) is 1. The molecule has 1 rings (SSSR count). The number of aliphatic imine (C=N–C) groups is 1. The van der Waals surface area contributed by atoms with E-state index in [2.05, 4.69) is 16.9 Å². The van der Waals surface area contributed by atoms with Gasteiger partial charge < -0.3 is 20.5 Å². The summed E-state index contributed by atoms with van der Waals surface area (Å²) in [4.78, 5) is 4.04. The minimum Gasteiger partial charge on any atom is -0.497 e. The quantitative estimate of drug-likeness (QED) is 0.462. The van der Waals surface area contributed by atoms with E-state index in [-0.39, 0.29) is 0 Å². The van der Waals surface area contributed by atoms with Crippen molar-refractivity contribution in [1.29, 1.82) is 0 Å². The Morgan fingerprint density at radius 3 is 2.82 bits per heavy atom. The van der Waals surface area contributed by atoms with Gasteiger partial charge in [0.25, 0.3) is 0 Å². The van der Waals surface area contributed by atoms with E-state index in [1.54, 1.807) is 38.5 Å². The van der Waals surface area contributed by atoms with Crippen molar-refractivity contribution >= 4 is 11.6 Å². The zero-order valence-electron chi connectivity index (χ0n) is 10.1. The van der Waals surface area contributed by atoms with Gasteiger partial charge in [-0.05, 0) is 12.1 Å². The van der Waals surface area contributed by atoms with Crippen molar-refractivity contribution in [3.63, 3.8) is 0 Å². The molecule has 3 N–H and O–H groups in total. The number of rotatable bonds is 5. The van der Waals surface area contributed by atoms with Gasteiger partial charge in [-0.15, -0.1) is 6.58 Å². The van der Waals surface area contributed by atoms with Crippen LogP contribution in [0.15, 0.2) is 35.8 Å². The molecule has 1 aromatic rings. The summed E-state index contributed by atoms with van der Waals surface area (Å²) in [6, 6.07) is 5.39. The van der Waals surface area contributed by atoms with Crippen LogP contribution in [0.2, 0.25) is 0 Å². The van der Waals surface area contributed by atoms with E-state index in [1.807, 2.05) is 0 Å². The van der Waals surface area contributed by atoms with Crippen LogP contribution in [-0.2, 0) is 0 Å². The second-order valence-corrected chi connectivity index (χ2v) is 3.21. The number of benzene rings is 1. The minimum atomic E-state index is 0.302. The van der Waals surface area contributed by atoms with Gasteiger partial charge in [0.05, 0.1) is 26.5 Å². The first-order valence-corrected chi connectivity index (χ1v) is 5.11. The topological polar surface area (TPSA) is 68.9 Å². The summed E-state index contributed by atoms with van der Waals surface area (Å²) < 4.78 is 10.3. The van der Waals surface area contributed by atoms with Gasteiger partial charge in [-0.3, -0.25) is 0 Å². The Kier molecular flexibility index (Phi) is 4.87. The molecule has 0 heterocycles. The fourth-order valence-corrected chi connectivity index (χ4v) is 1.25. The highest BCUT2D eigenvalue weighted by Gasteiger charge is 2.05. The molecule has 1 aromatic carbocycles. The van der Waals surface area contributed by atoms with Crippen molar-refractivity contribution in [1.82, 2.24) is 0 Å². The standard InChI is InChI=1S/C12H17N3O2/c1-4-7-14-12(13)15-10-8-9(16-2)5-6-11(10)17-3/h4-6,8H,1,7H2,2-3H3,(H3,13,14,15). The number of ether oxygens (including phenoxy) is 2. The van der Waals surface area contributed by atoms with Gasteiger partial charge >= 0.3 is 0 Å². The van der Waals surface area contributed by atoms with Crippen LogP contribution in [0.4, 0.5) is 5.69 Å². The maximum absolute atomic E-state index is 5.70. The number of hydrogen-bond donors (Lipinski definition) is 2. The highest BCUT2D eigenvalue weighted by Crippen LogP contribution is 2.28. The molecule has 0 aliphatic rings. The van der Waals surface area contributed by atoms with Gasteiger partial charge in [0.1, 0.15) is 11.5 Å². The van der Waals surface area contributed by atoms with Crippen molar-refractivity contribution < 1.29 is 9.47 Å². The Hall–Kier alpha value is -2.17. The summed E-state index contributed by atoms with van der Waals surface area (Å²) in [6.07, 6.45) is 1.66. The van der Waals surface area contributed by atoms with Gasteiger partial charge in [-0.2, -0.15) is 0 Å². The van der Waals surface area contributed by atoms with Crippen LogP contribution in [0.3, 0.4) is 0 Å². The lowest BCUT2D eigenvalue weighted by atomic mass is 10.2. The lowest BCUT2D eigenvalue weighted by molar-refractivity contribution is 0.405. The van der Waals surface area contributed by atoms with Gasteiger partial charge in [-0.1, -0.05) is 6.08 Å². The molecule has 0 aromatic heterocycles. The van der Waals surface area contributed by atoms with E-state index in [0.29, 0.717) is 29.7 Å². The first-order valence-electron chi connectivity index (χ1n) is 5.11. The third-order valence-corrected chi connectivity index (χ3v) is 2.06. The Morgan fingerprint density at radius 1 is 1.47 bits per heavy atom. The monoisotopic (exact) mass is 235 g/mol. The van der Waals surface area contributed by atoms with Gasteiger partial charge in [-0.25, -0.2) is 4.99 Å². The summed E-state index contributed by atoms with van der Waals surface area (Å²) in [7, 11) is 3.19. The third-order valence-electron chi connectivity index (χ3n) is 2.06. The summed E-state index contributed by atoms with van der Waals surface area (Å²) in [5.41, 5.74) is 6.41. The second-order valence-electron chi connectivity index (χ2n) is 3.21. The molecule has 0 saturated heterocycles. The number of nitrogens with two attached hydrogens (primary N) is 1. The summed E-state index contributed by atoms with van der Waals surface area (Å²) >= 11 is 0. The smallest absolute Gasteiger partial charge is 0.193 e. The second kappa shape index (κ2) is 6.42. The molecule has 5 heteroatoms. The van der Waals surface area contributed by atoms with Crippen LogP contribution in [0, 0.1) is 0 Å². The molecular weight excluding hydrogens is 218 g/mol. The first kappa shape index (κ1) is 12.9. The van der Waals surface area contributed by atoms with E-state index in [0.717, 1.165) is 0 Å². The Balaban J connectivity index is 2.90. The first-order chi connectivity index (χ1) is 8.21. The largest absolute Gasteiger partial charge is 0.497 e. The lowest BCUT2D eigenvalue weighted by Crippen LogP contribution is -2.23. The maximum Gasteiger partial charge on any atom is 0.193 e. The molecule has 5 nitrogen and oxygen atoms in total. The molecule has 0 radical (unpaired) electrons. The molecule has 0 unspecified atom stereocenters. The Labute approximate surface area is 101 Å². The Morgan fingerprint density at radius 2 is 2.24 bits per heavy atom. The average Bonchev–Trinajstić information content (AvgIpc) is 2.36. The molecule has 0 saturated carbocycles. The molecular formula is C12H17N3O2. The van der Waals surface area contributed by atoms with Crippen LogP contribution in [-0.4, -0.2) is 26.7 Å². The highest BCUT2D eigenvalue weighted by atomic mass is 16.5. The van der Waals surface area contributed by atoms with Crippen LogP contribution >= 0.6 is 0 Å². The average molecular weight is 235 g/mol. The zero-order valence-corrected chi connectivity index (χ0v) is 10.1. The van der Waals surface area contributed by atoms with Crippen molar-refractivity contribution in [2.75, 3.05) is 26.1 Å². The Bertz CT molecular complexity index is 416. The van der Waals surface area contributed by atoms with Gasteiger partial charge in [0.2, 0.25) is 0 Å². The molecule has 0 fully saturated rings. The summed E-state index contributed by atoms with van der Waals surface area (Å²) in [5.74, 6) is 1.68. The lowest BCUT2D eigenvalue weighted by Gasteiger charge is -2.11. The fraction of sp³-hybridized carbons (Fsp3) is 0.250. The van der Waals surface area contributed by atoms with Gasteiger partial charge in [0, 0.05) is 6.07 Å². The molecule has 0 aliphatic heterocycles. The van der Waals surface area contributed by atoms with E-state index < -0.39 is 0 Å². The predicted octanol–water partition coefficient (Wildman–Crippen LogP) is 1.62. The van der Waals surface area contributed by atoms with Crippen molar-refractivity contribution in [3.8, 4) is 11.5 Å². The van der Waals surface area contributed by atoms with E-state index >= 15 is 0 Å². The predicted molar refractivity (Wildman–Crippen MR) is 69.9 cm³/mol. The zero-order chi connectivity index (χ0) is 12.7. The maximum atomic E-state index is 5.70. The van der Waals surface area contributed by atoms with E-state index in [4.69, 9.17) is 15.2 Å². The summed E-state index contributed by atoms with van der Waals surface area (Å²) in [6.45, 7) is 4.03. The molecule has 92 valence electrons. The number of guanidine groups is 1. The minimum absolute atomic E-state index is 0.302. The van der Waals surface area contributed by atoms with Crippen molar-refractivity contribution in [2.45, 2.75) is 0 Å². The molecule has 0 aliphatic carbocycles. The normalized spacial score (nSPS) is 10.8. The van der Waals surface area contributed by atoms with Crippen LogP contribution < -0.4 is 20.5 Å². The van der Waals surface area contributed by atoms with Crippen molar-refractivity contribution in [3.05, 3.63) is 30.9 Å². The highest BCUT2D eigenvalue weighted by molar-refractivity contribution is 5.94. The molecule has 17 heavy (non-hydrogen) atoms. The molecule has 0 atom stereocenters. The third kappa shape index (κ3) is 3.71. The number of anilines is 1. The van der Waals surface area contributed by atoms with Gasteiger partial charge in [0.15, 0.2) is 5.96 Å². The molecule has 0 bridgehead atoms. The SMILES string of the molecule is C=CCN=C(N)Nc1cc(OC)ccc1OC. The van der Waals surface area contributed by atoms with Crippen LogP contribution in [0.5, 0.6) is 11.5 Å². The number of hydrogen-bond acceptors (Lipinski definition) is 3. The van der Waals surface area contributed by atoms with Crippen molar-refractivity contribution in [2.24, 2.45) is 10.7 Å². The molecule has 0 amide bonds. The fourth-order valence-electron chi connectivity index (χ4n) is 1.25. The van der Waals surface area contributed by atoms with Crippen LogP contribution in [0.25, 0.3) is 0 Å². The van der Waals surface area contributed by atoms with Crippen LogP contribution in [0.1, 0.15) is 0 Å². The number of nitrogens with zero attached hydrogens (tertiary/aromatic N) is 1. The number of methoxy groups -OCH3 is 2.